The van der Waals surface area contributed by atoms with Gasteiger partial charge in [0.05, 0.1) is 6.04 Å². The van der Waals surface area contributed by atoms with E-state index in [4.69, 9.17) is 15.7 Å². The molecule has 3 N–H and O–H groups in total. The number of rotatable bonds is 6. The molecule has 0 spiro atoms. The number of aryl methyl sites for hydroxylation is 1. The van der Waals surface area contributed by atoms with Crippen LogP contribution in [0, 0.1) is 0 Å². The van der Waals surface area contributed by atoms with Crippen molar-refractivity contribution in [1.29, 1.82) is 0 Å². The molecule has 2 aromatic heterocycles. The lowest BCUT2D eigenvalue weighted by Gasteiger charge is -2.33. The second-order valence-corrected chi connectivity index (χ2v) is 9.88. The van der Waals surface area contributed by atoms with Crippen LogP contribution >= 0.6 is 0 Å². The van der Waals surface area contributed by atoms with Gasteiger partial charge in [0, 0.05) is 40.3 Å². The Balaban J connectivity index is 1.73. The molecule has 2 saturated heterocycles. The Morgan fingerprint density at radius 3 is 2.56 bits per heavy atom. The van der Waals surface area contributed by atoms with Gasteiger partial charge in [0.15, 0.2) is 11.2 Å². The maximum Gasteiger partial charge on any atom is 0.332 e. The third kappa shape index (κ3) is 4.69. The summed E-state index contributed by atoms with van der Waals surface area (Å²) in [6, 6.07) is -0.570. The monoisotopic (exact) mass is 500 g/mol. The summed E-state index contributed by atoms with van der Waals surface area (Å²) in [5.41, 5.74) is 6.61. The number of hydrogen-bond donors (Lipinski definition) is 2. The van der Waals surface area contributed by atoms with Crippen LogP contribution in [0.5, 0.6) is 0 Å². The molecule has 0 saturated carbocycles. The number of aromatic nitrogens is 4. The molecule has 2 fully saturated rings. The lowest BCUT2D eigenvalue weighted by Crippen LogP contribution is -2.46. The predicted molar refractivity (Wildman–Crippen MR) is 138 cm³/mol. The van der Waals surface area contributed by atoms with E-state index in [0.29, 0.717) is 49.0 Å². The molecular weight excluding hydrogens is 464 g/mol. The molecule has 2 atom stereocenters. The summed E-state index contributed by atoms with van der Waals surface area (Å²) in [7, 11) is 3.09. The molecule has 36 heavy (non-hydrogen) atoms. The van der Waals surface area contributed by atoms with Crippen LogP contribution in [0.4, 0.5) is 5.95 Å². The Kier molecular flexibility index (Phi) is 7.34. The summed E-state index contributed by atoms with van der Waals surface area (Å²) in [5, 5.41) is 10.0. The summed E-state index contributed by atoms with van der Waals surface area (Å²) < 4.78 is 4.38. The number of imidazole rings is 1. The van der Waals surface area contributed by atoms with E-state index >= 15 is 0 Å². The number of nitrogens with zero attached hydrogens (tertiary/aromatic N) is 7. The number of aliphatic hydroxyl groups excluding tert-OH is 1. The van der Waals surface area contributed by atoms with E-state index in [1.807, 2.05) is 29.4 Å². The summed E-state index contributed by atoms with van der Waals surface area (Å²) in [6.45, 7) is 6.06. The molecule has 0 aromatic carbocycles. The van der Waals surface area contributed by atoms with Crippen molar-refractivity contribution in [3.63, 3.8) is 0 Å². The van der Waals surface area contributed by atoms with E-state index in [-0.39, 0.29) is 18.2 Å². The van der Waals surface area contributed by atoms with Gasteiger partial charge in [-0.3, -0.25) is 23.7 Å². The Labute approximate surface area is 209 Å². The highest BCUT2D eigenvalue weighted by Crippen LogP contribution is 2.25. The number of carbonyl (C=O) groups excluding carboxylic acids is 1. The zero-order chi connectivity index (χ0) is 26.1. The maximum absolute atomic E-state index is 13.1. The highest BCUT2D eigenvalue weighted by atomic mass is 16.3. The van der Waals surface area contributed by atoms with Gasteiger partial charge in [-0.1, -0.05) is 11.6 Å². The van der Waals surface area contributed by atoms with Crippen molar-refractivity contribution in [1.82, 2.24) is 23.6 Å². The molecule has 12 heteroatoms. The van der Waals surface area contributed by atoms with Gasteiger partial charge in [0.1, 0.15) is 18.5 Å². The first-order valence-electron chi connectivity index (χ1n) is 12.4. The van der Waals surface area contributed by atoms with Gasteiger partial charge in [0.2, 0.25) is 11.9 Å². The summed E-state index contributed by atoms with van der Waals surface area (Å²) in [5.74, 6) is 0.694. The molecule has 4 heterocycles. The second kappa shape index (κ2) is 10.3. The molecule has 12 nitrogen and oxygen atoms in total. The van der Waals surface area contributed by atoms with Crippen LogP contribution in [-0.4, -0.2) is 78.8 Å². The van der Waals surface area contributed by atoms with Gasteiger partial charge in [-0.05, 0) is 39.5 Å². The minimum absolute atomic E-state index is 0.126. The first kappa shape index (κ1) is 25.7. The fourth-order valence-corrected chi connectivity index (χ4v) is 5.15. The van der Waals surface area contributed by atoms with Crippen molar-refractivity contribution in [2.24, 2.45) is 24.8 Å². The molecule has 0 radical (unpaired) electrons. The summed E-state index contributed by atoms with van der Waals surface area (Å²) >= 11 is 0. The number of amides is 1. The van der Waals surface area contributed by atoms with Gasteiger partial charge in [-0.2, -0.15) is 4.98 Å². The third-order valence-corrected chi connectivity index (χ3v) is 7.08. The number of aliphatic hydroxyl groups is 1. The van der Waals surface area contributed by atoms with Crippen molar-refractivity contribution >= 4 is 28.9 Å². The number of likely N-dealkylation sites (tertiary alicyclic amines) is 1. The Morgan fingerprint density at radius 1 is 1.17 bits per heavy atom. The molecule has 196 valence electrons. The highest BCUT2D eigenvalue weighted by Gasteiger charge is 2.32. The van der Waals surface area contributed by atoms with Crippen molar-refractivity contribution in [3.8, 4) is 0 Å². The maximum atomic E-state index is 13.1. The number of allylic oxidation sites excluding steroid dienone is 2. The minimum atomic E-state index is -0.443. The number of nitrogens with two attached hydrogens (primary N) is 1. The topological polar surface area (TPSA) is 144 Å². The Morgan fingerprint density at radius 2 is 1.89 bits per heavy atom. The number of hydrogen-bond acceptors (Lipinski definition) is 7. The number of piperidine rings is 1. The zero-order valence-corrected chi connectivity index (χ0v) is 21.5. The van der Waals surface area contributed by atoms with Crippen molar-refractivity contribution < 1.29 is 9.90 Å². The molecule has 1 amide bonds. The van der Waals surface area contributed by atoms with Crippen LogP contribution in [0.25, 0.3) is 11.2 Å². The number of fused-ring (bicyclic) bond motifs is 1. The van der Waals surface area contributed by atoms with E-state index in [2.05, 4.69) is 4.90 Å². The quantitative estimate of drug-likeness (QED) is 0.315. The Bertz CT molecular complexity index is 1330. The fourth-order valence-electron chi connectivity index (χ4n) is 5.15. The minimum Gasteiger partial charge on any atom is -0.388 e. The van der Waals surface area contributed by atoms with E-state index in [1.54, 1.807) is 7.05 Å². The van der Waals surface area contributed by atoms with Gasteiger partial charge < -0.3 is 25.2 Å². The normalized spacial score (nSPS) is 20.9. The average Bonchev–Trinajstić information content (AvgIpc) is 3.49. The van der Waals surface area contributed by atoms with Crippen molar-refractivity contribution in [3.05, 3.63) is 32.5 Å². The van der Waals surface area contributed by atoms with Crippen LogP contribution in [0.2, 0.25) is 0 Å². The highest BCUT2D eigenvalue weighted by molar-refractivity contribution is 5.90. The zero-order valence-electron chi connectivity index (χ0n) is 21.5. The van der Waals surface area contributed by atoms with Gasteiger partial charge in [0.25, 0.3) is 5.56 Å². The lowest BCUT2D eigenvalue weighted by atomic mass is 10.1. The molecular formula is C24H36N8O4. The number of primary amides is 1. The smallest absolute Gasteiger partial charge is 0.332 e. The van der Waals surface area contributed by atoms with Crippen LogP contribution in [0.15, 0.2) is 26.2 Å². The predicted octanol–water partition coefficient (Wildman–Crippen LogP) is -0.291. The summed E-state index contributed by atoms with van der Waals surface area (Å²) in [4.78, 5) is 51.0. The molecule has 2 unspecified atom stereocenters. The van der Waals surface area contributed by atoms with E-state index in [9.17, 15) is 19.5 Å². The van der Waals surface area contributed by atoms with Gasteiger partial charge in [-0.15, -0.1) is 0 Å². The number of aliphatic imine (C=N–C) groups is 1. The van der Waals surface area contributed by atoms with Gasteiger partial charge in [-0.25, -0.2) is 4.79 Å². The first-order chi connectivity index (χ1) is 17.1. The lowest BCUT2D eigenvalue weighted by molar-refractivity contribution is -0.121. The molecule has 2 aliphatic heterocycles. The molecule has 0 aliphatic carbocycles. The largest absolute Gasteiger partial charge is 0.388 e. The SMILES string of the molecule is CC(C)=CCn1c(N2CCCC(N=C(CO)N3CCCC3C(N)=O)C2)nc2c1c(=O)n(C)c(=O)n2C. The van der Waals surface area contributed by atoms with Crippen molar-refractivity contribution in [2.45, 2.75) is 58.2 Å². The molecule has 2 aliphatic rings. The van der Waals surface area contributed by atoms with Crippen LogP contribution in [-0.2, 0) is 25.4 Å². The third-order valence-electron chi connectivity index (χ3n) is 7.08. The standard InChI is InChI=1S/C24H36N8O4/c1-15(2)9-12-32-19-21(28(3)24(36)29(4)22(19)35)27-23(32)30-10-5-7-16(13-30)26-18(14-33)31-11-6-8-17(31)20(25)34/h9,16-17,33H,5-8,10-14H2,1-4H3,(H2,25,34). The number of amidine groups is 1. The van der Waals surface area contributed by atoms with E-state index < -0.39 is 17.6 Å². The van der Waals surface area contributed by atoms with Crippen molar-refractivity contribution in [2.75, 3.05) is 31.1 Å². The average molecular weight is 501 g/mol. The van der Waals surface area contributed by atoms with Crippen LogP contribution in [0.3, 0.4) is 0 Å². The molecule has 0 bridgehead atoms. The van der Waals surface area contributed by atoms with Crippen LogP contribution in [0.1, 0.15) is 39.5 Å². The summed E-state index contributed by atoms with van der Waals surface area (Å²) in [6.07, 6.45) is 5.17. The van der Waals surface area contributed by atoms with Crippen LogP contribution < -0.4 is 21.9 Å². The fraction of sp³-hybridized carbons (Fsp3) is 0.625. The molecule has 2 aromatic rings. The Hall–Kier alpha value is -3.41. The van der Waals surface area contributed by atoms with Gasteiger partial charge >= 0.3 is 5.69 Å². The number of anilines is 1. The first-order valence-corrected chi connectivity index (χ1v) is 12.4. The number of carbonyl (C=O) groups is 1. The second-order valence-electron chi connectivity index (χ2n) is 9.88. The van der Waals surface area contributed by atoms with E-state index in [0.717, 1.165) is 35.9 Å². The molecule has 4 rings (SSSR count). The van der Waals surface area contributed by atoms with E-state index in [1.165, 1.54) is 11.6 Å².